The van der Waals surface area contributed by atoms with Crippen molar-refractivity contribution in [1.29, 1.82) is 0 Å². The SMILES string of the molecule is CC(O)(Cc1ccncc1Cl)c1ccc(O)cc1. The summed E-state index contributed by atoms with van der Waals surface area (Å²) in [6.07, 6.45) is 3.59. The monoisotopic (exact) mass is 263 g/mol. The first-order chi connectivity index (χ1) is 8.49. The Morgan fingerprint density at radius 2 is 1.89 bits per heavy atom. The second kappa shape index (κ2) is 4.96. The Balaban J connectivity index is 2.27. The third-order valence-electron chi connectivity index (χ3n) is 2.88. The van der Waals surface area contributed by atoms with Crippen molar-refractivity contribution >= 4 is 11.6 Å². The van der Waals surface area contributed by atoms with E-state index in [0.29, 0.717) is 11.4 Å². The molecule has 3 nitrogen and oxygen atoms in total. The van der Waals surface area contributed by atoms with Crippen LogP contribution < -0.4 is 0 Å². The molecule has 18 heavy (non-hydrogen) atoms. The summed E-state index contributed by atoms with van der Waals surface area (Å²) in [7, 11) is 0. The van der Waals surface area contributed by atoms with Gasteiger partial charge in [-0.2, -0.15) is 0 Å². The van der Waals surface area contributed by atoms with E-state index < -0.39 is 5.60 Å². The molecule has 0 aliphatic carbocycles. The Bertz CT molecular complexity index is 538. The Morgan fingerprint density at radius 3 is 2.50 bits per heavy atom. The van der Waals surface area contributed by atoms with Crippen molar-refractivity contribution < 1.29 is 10.2 Å². The smallest absolute Gasteiger partial charge is 0.115 e. The average Bonchev–Trinajstić information content (AvgIpc) is 2.32. The number of phenolic OH excluding ortho intramolecular Hbond substituents is 1. The van der Waals surface area contributed by atoms with Gasteiger partial charge in [-0.25, -0.2) is 0 Å². The summed E-state index contributed by atoms with van der Waals surface area (Å²) in [5, 5.41) is 20.3. The van der Waals surface area contributed by atoms with Crippen molar-refractivity contribution in [2.75, 3.05) is 0 Å². The third-order valence-corrected chi connectivity index (χ3v) is 3.22. The summed E-state index contributed by atoms with van der Waals surface area (Å²) in [5.74, 6) is 0.177. The van der Waals surface area contributed by atoms with E-state index in [1.54, 1.807) is 49.6 Å². The minimum absolute atomic E-state index is 0.177. The van der Waals surface area contributed by atoms with Gasteiger partial charge in [-0.05, 0) is 36.2 Å². The molecule has 4 heteroatoms. The Morgan fingerprint density at radius 1 is 1.22 bits per heavy atom. The van der Waals surface area contributed by atoms with Gasteiger partial charge in [0.05, 0.1) is 10.6 Å². The summed E-state index contributed by atoms with van der Waals surface area (Å²) in [6, 6.07) is 8.29. The Kier molecular flexibility index (Phi) is 3.55. The van der Waals surface area contributed by atoms with Crippen LogP contribution in [0.3, 0.4) is 0 Å². The number of phenols is 1. The van der Waals surface area contributed by atoms with Crippen LogP contribution in [0.4, 0.5) is 0 Å². The lowest BCUT2D eigenvalue weighted by molar-refractivity contribution is 0.0576. The number of hydrogen-bond donors (Lipinski definition) is 2. The maximum absolute atomic E-state index is 10.5. The first-order valence-electron chi connectivity index (χ1n) is 5.59. The quantitative estimate of drug-likeness (QED) is 0.895. The zero-order valence-electron chi connectivity index (χ0n) is 9.97. The lowest BCUT2D eigenvalue weighted by Gasteiger charge is -2.24. The molecule has 0 spiro atoms. The second-order valence-electron chi connectivity index (χ2n) is 4.46. The largest absolute Gasteiger partial charge is 0.508 e. The highest BCUT2D eigenvalue weighted by atomic mass is 35.5. The van der Waals surface area contributed by atoms with Gasteiger partial charge >= 0.3 is 0 Å². The molecule has 2 N–H and O–H groups in total. The van der Waals surface area contributed by atoms with Gasteiger partial charge in [0, 0.05) is 18.8 Å². The summed E-state index contributed by atoms with van der Waals surface area (Å²) in [5.41, 5.74) is 0.525. The fourth-order valence-corrected chi connectivity index (χ4v) is 2.03. The van der Waals surface area contributed by atoms with Crippen molar-refractivity contribution in [3.63, 3.8) is 0 Å². The van der Waals surface area contributed by atoms with Crippen molar-refractivity contribution in [2.45, 2.75) is 18.9 Å². The minimum Gasteiger partial charge on any atom is -0.508 e. The minimum atomic E-state index is -1.04. The van der Waals surface area contributed by atoms with Gasteiger partial charge in [0.25, 0.3) is 0 Å². The number of aromatic nitrogens is 1. The predicted molar refractivity (Wildman–Crippen MR) is 70.6 cm³/mol. The molecule has 1 unspecified atom stereocenters. The van der Waals surface area contributed by atoms with Crippen LogP contribution in [0, 0.1) is 0 Å². The first-order valence-corrected chi connectivity index (χ1v) is 5.97. The van der Waals surface area contributed by atoms with E-state index in [1.807, 2.05) is 0 Å². The molecule has 0 amide bonds. The maximum atomic E-state index is 10.5. The van der Waals surface area contributed by atoms with Crippen LogP contribution in [-0.2, 0) is 12.0 Å². The summed E-state index contributed by atoms with van der Waals surface area (Å²) in [4.78, 5) is 3.91. The van der Waals surface area contributed by atoms with Crippen LogP contribution >= 0.6 is 11.6 Å². The molecule has 0 aliphatic rings. The van der Waals surface area contributed by atoms with Crippen molar-refractivity contribution in [2.24, 2.45) is 0 Å². The molecule has 1 heterocycles. The molecule has 0 fully saturated rings. The fraction of sp³-hybridized carbons (Fsp3) is 0.214. The van der Waals surface area contributed by atoms with Gasteiger partial charge in [0.15, 0.2) is 0 Å². The molecule has 94 valence electrons. The van der Waals surface area contributed by atoms with Crippen LogP contribution in [0.2, 0.25) is 5.02 Å². The molecule has 2 aromatic rings. The number of rotatable bonds is 3. The van der Waals surface area contributed by atoms with E-state index in [0.717, 1.165) is 11.1 Å². The molecule has 0 bridgehead atoms. The molecular formula is C14H14ClNO2. The number of aromatic hydroxyl groups is 1. The molecule has 1 aromatic carbocycles. The number of benzene rings is 1. The Labute approximate surface area is 111 Å². The number of halogens is 1. The predicted octanol–water partition coefficient (Wildman–Crippen LogP) is 2.89. The number of nitrogens with zero attached hydrogens (tertiary/aromatic N) is 1. The standard InChI is InChI=1S/C14H14ClNO2/c1-14(18,11-2-4-12(17)5-3-11)8-10-6-7-16-9-13(10)15/h2-7,9,17-18H,8H2,1H3. The molecule has 0 aliphatic heterocycles. The van der Waals surface area contributed by atoms with Gasteiger partial charge in [-0.3, -0.25) is 4.98 Å². The van der Waals surface area contributed by atoms with Crippen molar-refractivity contribution in [1.82, 2.24) is 4.98 Å². The maximum Gasteiger partial charge on any atom is 0.115 e. The first kappa shape index (κ1) is 12.9. The van der Waals surface area contributed by atoms with E-state index in [1.165, 1.54) is 0 Å². The van der Waals surface area contributed by atoms with E-state index in [-0.39, 0.29) is 5.75 Å². The molecule has 1 atom stereocenters. The van der Waals surface area contributed by atoms with E-state index >= 15 is 0 Å². The Hall–Kier alpha value is -1.58. The van der Waals surface area contributed by atoms with E-state index in [2.05, 4.69) is 4.98 Å². The molecule has 0 saturated carbocycles. The number of aliphatic hydroxyl groups is 1. The average molecular weight is 264 g/mol. The van der Waals surface area contributed by atoms with Gasteiger partial charge in [0.1, 0.15) is 5.75 Å². The van der Waals surface area contributed by atoms with Crippen LogP contribution in [0.25, 0.3) is 0 Å². The van der Waals surface area contributed by atoms with Crippen LogP contribution in [0.1, 0.15) is 18.1 Å². The molecular weight excluding hydrogens is 250 g/mol. The number of pyridine rings is 1. The van der Waals surface area contributed by atoms with E-state index in [4.69, 9.17) is 11.6 Å². The zero-order chi connectivity index (χ0) is 13.2. The summed E-state index contributed by atoms with van der Waals surface area (Å²) < 4.78 is 0. The van der Waals surface area contributed by atoms with Crippen LogP contribution in [0.15, 0.2) is 42.7 Å². The van der Waals surface area contributed by atoms with Crippen molar-refractivity contribution in [3.05, 3.63) is 58.9 Å². The van der Waals surface area contributed by atoms with E-state index in [9.17, 15) is 10.2 Å². The molecule has 0 radical (unpaired) electrons. The van der Waals surface area contributed by atoms with Gasteiger partial charge in [-0.15, -0.1) is 0 Å². The summed E-state index contributed by atoms with van der Waals surface area (Å²) >= 11 is 6.03. The van der Waals surface area contributed by atoms with Crippen LogP contribution in [-0.4, -0.2) is 15.2 Å². The second-order valence-corrected chi connectivity index (χ2v) is 4.87. The summed E-state index contributed by atoms with van der Waals surface area (Å²) in [6.45, 7) is 1.72. The van der Waals surface area contributed by atoms with Gasteiger partial charge < -0.3 is 10.2 Å². The zero-order valence-corrected chi connectivity index (χ0v) is 10.7. The van der Waals surface area contributed by atoms with Gasteiger partial charge in [-0.1, -0.05) is 23.7 Å². The molecule has 2 rings (SSSR count). The lowest BCUT2D eigenvalue weighted by atomic mass is 9.89. The normalized spacial score (nSPS) is 14.2. The highest BCUT2D eigenvalue weighted by molar-refractivity contribution is 6.31. The fourth-order valence-electron chi connectivity index (χ4n) is 1.84. The van der Waals surface area contributed by atoms with Gasteiger partial charge in [0.2, 0.25) is 0 Å². The topological polar surface area (TPSA) is 53.4 Å². The molecule has 1 aromatic heterocycles. The third kappa shape index (κ3) is 2.81. The number of hydrogen-bond acceptors (Lipinski definition) is 3. The highest BCUT2D eigenvalue weighted by Crippen LogP contribution is 2.28. The highest BCUT2D eigenvalue weighted by Gasteiger charge is 2.24. The lowest BCUT2D eigenvalue weighted by Crippen LogP contribution is -2.24. The van der Waals surface area contributed by atoms with Crippen LogP contribution in [0.5, 0.6) is 5.75 Å². The molecule has 0 saturated heterocycles. The van der Waals surface area contributed by atoms with Crippen molar-refractivity contribution in [3.8, 4) is 5.75 Å².